The summed E-state index contributed by atoms with van der Waals surface area (Å²) in [6.07, 6.45) is -10.2. The Morgan fingerprint density at radius 1 is 0.684 bits per heavy atom. The highest BCUT2D eigenvalue weighted by Crippen LogP contribution is 2.36. The molecule has 0 aliphatic heterocycles. The van der Waals surface area contributed by atoms with E-state index in [2.05, 4.69) is 10.6 Å². The number of hydrogen-bond donors (Lipinski definition) is 2. The van der Waals surface area contributed by atoms with Crippen molar-refractivity contribution in [2.24, 2.45) is 0 Å². The van der Waals surface area contributed by atoms with Crippen molar-refractivity contribution in [3.63, 3.8) is 0 Å². The van der Waals surface area contributed by atoms with E-state index in [0.717, 1.165) is 16.3 Å². The molecule has 2 amide bonds. The van der Waals surface area contributed by atoms with Crippen molar-refractivity contribution in [1.29, 1.82) is 0 Å². The van der Waals surface area contributed by atoms with Crippen LogP contribution in [-0.2, 0) is 12.4 Å². The molecular weight excluding hydrogens is 510 g/mol. The van der Waals surface area contributed by atoms with Crippen LogP contribution in [0, 0.1) is 0 Å². The molecule has 0 fully saturated rings. The quantitative estimate of drug-likeness (QED) is 0.261. The zero-order chi connectivity index (χ0) is 27.7. The standard InChI is InChI=1S/C28H20F6N2O2/c1-16(23-11-5-7-17-6-2-3-10-24(17)23)35-25(37)18-8-4-9-22(14-18)36-26(38)19-12-20(27(29,30)31)15-21(13-19)28(32,33)34/h2-16H,1H3,(H,35,37)(H,36,38)/t16-/m1/s1. The van der Waals surface area contributed by atoms with Gasteiger partial charge < -0.3 is 10.6 Å². The van der Waals surface area contributed by atoms with Crippen molar-refractivity contribution in [2.75, 3.05) is 5.32 Å². The molecule has 1 atom stereocenters. The highest BCUT2D eigenvalue weighted by Gasteiger charge is 2.37. The first kappa shape index (κ1) is 26.7. The molecule has 4 rings (SSSR count). The summed E-state index contributed by atoms with van der Waals surface area (Å²) in [4.78, 5) is 25.5. The van der Waals surface area contributed by atoms with Crippen molar-refractivity contribution in [3.05, 3.63) is 113 Å². The van der Waals surface area contributed by atoms with Crippen LogP contribution in [0.15, 0.2) is 84.9 Å². The molecule has 0 radical (unpaired) electrons. The van der Waals surface area contributed by atoms with Gasteiger partial charge in [0.15, 0.2) is 0 Å². The normalized spacial score (nSPS) is 12.7. The van der Waals surface area contributed by atoms with Gasteiger partial charge in [-0.1, -0.05) is 48.5 Å². The van der Waals surface area contributed by atoms with Gasteiger partial charge in [0.2, 0.25) is 0 Å². The molecule has 0 aliphatic rings. The van der Waals surface area contributed by atoms with Crippen LogP contribution >= 0.6 is 0 Å². The molecule has 0 saturated heterocycles. The van der Waals surface area contributed by atoms with Gasteiger partial charge in [-0.05, 0) is 59.7 Å². The SMILES string of the molecule is C[C@@H](NC(=O)c1cccc(NC(=O)c2cc(C(F)(F)F)cc(C(F)(F)F)c2)c1)c1cccc2ccccc12. The minimum Gasteiger partial charge on any atom is -0.345 e. The number of carbonyl (C=O) groups is 2. The molecule has 0 heterocycles. The van der Waals surface area contributed by atoms with Gasteiger partial charge in [-0.3, -0.25) is 9.59 Å². The van der Waals surface area contributed by atoms with Gasteiger partial charge in [-0.25, -0.2) is 0 Å². The van der Waals surface area contributed by atoms with Crippen LogP contribution in [-0.4, -0.2) is 11.8 Å². The second kappa shape index (κ2) is 10.2. The van der Waals surface area contributed by atoms with E-state index in [-0.39, 0.29) is 17.3 Å². The van der Waals surface area contributed by atoms with E-state index in [1.54, 1.807) is 6.92 Å². The van der Waals surface area contributed by atoms with E-state index >= 15 is 0 Å². The van der Waals surface area contributed by atoms with Crippen LogP contribution in [0.1, 0.15) is 50.4 Å². The number of anilines is 1. The van der Waals surface area contributed by atoms with Crippen LogP contribution in [0.4, 0.5) is 32.0 Å². The fraction of sp³-hybridized carbons (Fsp3) is 0.143. The maximum Gasteiger partial charge on any atom is 0.416 e. The van der Waals surface area contributed by atoms with Crippen LogP contribution in [0.5, 0.6) is 0 Å². The maximum atomic E-state index is 13.1. The van der Waals surface area contributed by atoms with E-state index in [9.17, 15) is 35.9 Å². The van der Waals surface area contributed by atoms with Crippen LogP contribution in [0.25, 0.3) is 10.8 Å². The summed E-state index contributed by atoms with van der Waals surface area (Å²) in [5.74, 6) is -1.68. The summed E-state index contributed by atoms with van der Waals surface area (Å²) in [7, 11) is 0. The Balaban J connectivity index is 1.54. The van der Waals surface area contributed by atoms with Crippen LogP contribution in [0.3, 0.4) is 0 Å². The lowest BCUT2D eigenvalue weighted by Crippen LogP contribution is -2.27. The Hall–Kier alpha value is -4.34. The van der Waals surface area contributed by atoms with E-state index in [1.807, 2.05) is 42.5 Å². The summed E-state index contributed by atoms with van der Waals surface area (Å²) >= 11 is 0. The monoisotopic (exact) mass is 530 g/mol. The Labute approximate surface area is 213 Å². The number of amides is 2. The number of hydrogen-bond acceptors (Lipinski definition) is 2. The van der Waals surface area contributed by atoms with Crippen molar-refractivity contribution in [2.45, 2.75) is 25.3 Å². The zero-order valence-corrected chi connectivity index (χ0v) is 19.7. The Kier molecular flexibility index (Phi) is 7.17. The number of rotatable bonds is 5. The van der Waals surface area contributed by atoms with Crippen molar-refractivity contribution in [1.82, 2.24) is 5.32 Å². The number of benzene rings is 4. The van der Waals surface area contributed by atoms with Gasteiger partial charge in [0.05, 0.1) is 17.2 Å². The molecule has 38 heavy (non-hydrogen) atoms. The first-order valence-corrected chi connectivity index (χ1v) is 11.3. The van der Waals surface area contributed by atoms with E-state index < -0.39 is 46.9 Å². The average molecular weight is 530 g/mol. The van der Waals surface area contributed by atoms with Crippen molar-refractivity contribution < 1.29 is 35.9 Å². The van der Waals surface area contributed by atoms with Crippen LogP contribution in [0.2, 0.25) is 0 Å². The molecule has 0 bridgehead atoms. The largest absolute Gasteiger partial charge is 0.416 e. The molecule has 4 nitrogen and oxygen atoms in total. The molecule has 0 unspecified atom stereocenters. The van der Waals surface area contributed by atoms with E-state index in [0.29, 0.717) is 12.1 Å². The van der Waals surface area contributed by atoms with Gasteiger partial charge in [0, 0.05) is 16.8 Å². The molecule has 0 aliphatic carbocycles. The number of alkyl halides is 6. The third-order valence-electron chi connectivity index (χ3n) is 5.87. The third kappa shape index (κ3) is 5.96. The molecule has 10 heteroatoms. The average Bonchev–Trinajstić information content (AvgIpc) is 2.87. The van der Waals surface area contributed by atoms with Crippen LogP contribution < -0.4 is 10.6 Å². The first-order valence-electron chi connectivity index (χ1n) is 11.3. The second-order valence-corrected chi connectivity index (χ2v) is 8.59. The van der Waals surface area contributed by atoms with Gasteiger partial charge >= 0.3 is 12.4 Å². The molecule has 4 aromatic rings. The van der Waals surface area contributed by atoms with Gasteiger partial charge in [0.1, 0.15) is 0 Å². The molecule has 4 aromatic carbocycles. The molecule has 2 N–H and O–H groups in total. The molecular formula is C28H20F6N2O2. The fourth-order valence-corrected chi connectivity index (χ4v) is 4.01. The number of carbonyl (C=O) groups excluding carboxylic acids is 2. The van der Waals surface area contributed by atoms with Gasteiger partial charge in [-0.15, -0.1) is 0 Å². The van der Waals surface area contributed by atoms with E-state index in [1.165, 1.54) is 24.3 Å². The second-order valence-electron chi connectivity index (χ2n) is 8.59. The molecule has 0 saturated carbocycles. The summed E-state index contributed by atoms with van der Waals surface area (Å²) in [6.45, 7) is 1.80. The molecule has 0 aromatic heterocycles. The summed E-state index contributed by atoms with van der Waals surface area (Å²) < 4.78 is 78.8. The minimum atomic E-state index is -5.09. The zero-order valence-electron chi connectivity index (χ0n) is 19.7. The predicted molar refractivity (Wildman–Crippen MR) is 131 cm³/mol. The highest BCUT2D eigenvalue weighted by atomic mass is 19.4. The lowest BCUT2D eigenvalue weighted by Gasteiger charge is -2.17. The van der Waals surface area contributed by atoms with E-state index in [4.69, 9.17) is 0 Å². The summed E-state index contributed by atoms with van der Waals surface area (Å²) in [6, 6.07) is 19.1. The lowest BCUT2D eigenvalue weighted by molar-refractivity contribution is -0.143. The highest BCUT2D eigenvalue weighted by molar-refractivity contribution is 6.05. The lowest BCUT2D eigenvalue weighted by atomic mass is 9.99. The third-order valence-corrected chi connectivity index (χ3v) is 5.87. The maximum absolute atomic E-state index is 13.1. The van der Waals surface area contributed by atoms with Gasteiger partial charge in [-0.2, -0.15) is 26.3 Å². The minimum absolute atomic E-state index is 0.0198. The fourth-order valence-electron chi connectivity index (χ4n) is 4.01. The van der Waals surface area contributed by atoms with Gasteiger partial charge in [0.25, 0.3) is 11.8 Å². The summed E-state index contributed by atoms with van der Waals surface area (Å²) in [5, 5.41) is 7.09. The first-order chi connectivity index (χ1) is 17.8. The Morgan fingerprint density at radius 3 is 1.95 bits per heavy atom. The molecule has 196 valence electrons. The Bertz CT molecular complexity index is 1470. The molecule has 0 spiro atoms. The number of nitrogens with one attached hydrogen (secondary N) is 2. The Morgan fingerprint density at radius 2 is 1.29 bits per heavy atom. The number of halogens is 6. The van der Waals surface area contributed by atoms with Crippen molar-refractivity contribution >= 4 is 28.3 Å². The summed E-state index contributed by atoms with van der Waals surface area (Å²) in [5.41, 5.74) is -3.00. The predicted octanol–water partition coefficient (Wildman–Crippen LogP) is 7.62. The topological polar surface area (TPSA) is 58.2 Å². The van der Waals surface area contributed by atoms with Crippen molar-refractivity contribution in [3.8, 4) is 0 Å². The number of fused-ring (bicyclic) bond motifs is 1. The smallest absolute Gasteiger partial charge is 0.345 e.